The van der Waals surface area contributed by atoms with E-state index in [4.69, 9.17) is 5.14 Å². The van der Waals surface area contributed by atoms with Gasteiger partial charge in [0.15, 0.2) is 0 Å². The zero-order chi connectivity index (χ0) is 30.7. The van der Waals surface area contributed by atoms with Crippen LogP contribution in [0.1, 0.15) is 32.8 Å². The van der Waals surface area contributed by atoms with Crippen molar-refractivity contribution in [3.63, 3.8) is 0 Å². The number of hydrogen-bond acceptors (Lipinski definition) is 7. The third-order valence-corrected chi connectivity index (χ3v) is 8.90. The second-order valence-electron chi connectivity index (χ2n) is 11.0. The fourth-order valence-corrected chi connectivity index (χ4v) is 6.56. The first kappa shape index (κ1) is 31.6. The Labute approximate surface area is 249 Å². The van der Waals surface area contributed by atoms with E-state index in [9.17, 15) is 27.5 Å². The first-order valence-electron chi connectivity index (χ1n) is 13.4. The standard InChI is InChI=1S/C30H35FN4O5S2/c1-19(36)16-33-30(2,3)15-28(37)34-24-18-41-26-14-22(31)12-13-25(26)35(29(24)38)17-20-8-10-21(11-9-20)23-6-4-5-7-27(23)42(32,39)40/h4-14,19,24,33,36H,15-18H2,1-3H3,(H,34,37)(H2,32,39,40)/t19-,24-/m1/s1. The van der Waals surface area contributed by atoms with Gasteiger partial charge in [-0.3, -0.25) is 9.59 Å². The number of primary sulfonamides is 1. The molecule has 4 rings (SSSR count). The molecule has 12 heteroatoms. The normalized spacial score (nSPS) is 16.5. The summed E-state index contributed by atoms with van der Waals surface area (Å²) in [5.74, 6) is -0.867. The summed E-state index contributed by atoms with van der Waals surface area (Å²) in [6.07, 6.45) is -0.492. The Morgan fingerprint density at radius 3 is 2.52 bits per heavy atom. The van der Waals surface area contributed by atoms with Crippen LogP contribution in [-0.4, -0.2) is 55.3 Å². The number of rotatable bonds is 10. The van der Waals surface area contributed by atoms with Crippen LogP contribution in [0.15, 0.2) is 76.5 Å². The van der Waals surface area contributed by atoms with Gasteiger partial charge in [0.05, 0.1) is 23.2 Å². The summed E-state index contributed by atoms with van der Waals surface area (Å²) < 4.78 is 38.3. The molecular formula is C30H35FN4O5S2. The van der Waals surface area contributed by atoms with Gasteiger partial charge in [-0.2, -0.15) is 0 Å². The lowest BCUT2D eigenvalue weighted by molar-refractivity contribution is -0.127. The number of nitrogens with two attached hydrogens (primary N) is 1. The molecule has 0 spiro atoms. The smallest absolute Gasteiger partial charge is 0.250 e. The number of amides is 2. The number of aliphatic hydroxyl groups excluding tert-OH is 1. The molecule has 0 fully saturated rings. The summed E-state index contributed by atoms with van der Waals surface area (Å²) in [7, 11) is -3.93. The van der Waals surface area contributed by atoms with Crippen molar-refractivity contribution < 1.29 is 27.5 Å². The largest absolute Gasteiger partial charge is 0.392 e. The van der Waals surface area contributed by atoms with Gasteiger partial charge in [-0.25, -0.2) is 17.9 Å². The van der Waals surface area contributed by atoms with Crippen LogP contribution < -0.4 is 20.7 Å². The molecule has 1 aliphatic heterocycles. The number of fused-ring (bicyclic) bond motifs is 1. The van der Waals surface area contributed by atoms with E-state index in [0.29, 0.717) is 28.3 Å². The van der Waals surface area contributed by atoms with Gasteiger partial charge in [0.1, 0.15) is 11.9 Å². The topological polar surface area (TPSA) is 142 Å². The van der Waals surface area contributed by atoms with Crippen molar-refractivity contribution in [1.29, 1.82) is 0 Å². The van der Waals surface area contributed by atoms with E-state index in [0.717, 1.165) is 5.56 Å². The number of carbonyl (C=O) groups is 2. The van der Waals surface area contributed by atoms with Crippen LogP contribution >= 0.6 is 11.8 Å². The molecule has 0 unspecified atom stereocenters. The molecule has 3 aromatic carbocycles. The van der Waals surface area contributed by atoms with Crippen LogP contribution in [0.2, 0.25) is 0 Å². The lowest BCUT2D eigenvalue weighted by atomic mass is 9.99. The number of nitrogens with one attached hydrogen (secondary N) is 2. The van der Waals surface area contributed by atoms with Crippen LogP contribution in [-0.2, 0) is 26.2 Å². The number of halogens is 1. The second kappa shape index (κ2) is 12.9. The van der Waals surface area contributed by atoms with Crippen molar-refractivity contribution in [2.45, 2.75) is 61.2 Å². The molecule has 0 aromatic heterocycles. The number of hydrogen-bond donors (Lipinski definition) is 4. The van der Waals surface area contributed by atoms with Gasteiger partial charge in [-0.1, -0.05) is 42.5 Å². The molecule has 0 radical (unpaired) electrons. The summed E-state index contributed by atoms with van der Waals surface area (Å²) in [5.41, 5.74) is 1.77. The van der Waals surface area contributed by atoms with Crippen LogP contribution in [0.5, 0.6) is 0 Å². The number of anilines is 1. The zero-order valence-corrected chi connectivity index (χ0v) is 25.3. The van der Waals surface area contributed by atoms with Crippen molar-refractivity contribution in [1.82, 2.24) is 10.6 Å². The molecule has 224 valence electrons. The minimum absolute atomic E-state index is 0.0104. The fourth-order valence-electron chi connectivity index (χ4n) is 4.70. The molecule has 1 heterocycles. The highest BCUT2D eigenvalue weighted by molar-refractivity contribution is 7.99. The summed E-state index contributed by atoms with van der Waals surface area (Å²) in [6.45, 7) is 5.79. The first-order chi connectivity index (χ1) is 19.7. The number of β-amino-alcohol motifs (C(OH)–C–C–N with tert-alkyl or cyclic N) is 1. The average Bonchev–Trinajstić information content (AvgIpc) is 3.03. The van der Waals surface area contributed by atoms with Gasteiger partial charge in [-0.05, 0) is 56.2 Å². The Morgan fingerprint density at radius 1 is 1.17 bits per heavy atom. The van der Waals surface area contributed by atoms with Crippen molar-refractivity contribution >= 4 is 39.3 Å². The number of sulfonamides is 1. The zero-order valence-electron chi connectivity index (χ0n) is 23.6. The molecular weight excluding hydrogens is 579 g/mol. The Morgan fingerprint density at radius 2 is 1.86 bits per heavy atom. The van der Waals surface area contributed by atoms with Gasteiger partial charge in [0.2, 0.25) is 15.9 Å². The van der Waals surface area contributed by atoms with Crippen LogP contribution in [0.3, 0.4) is 0 Å². The molecule has 0 bridgehead atoms. The average molecular weight is 615 g/mol. The van der Waals surface area contributed by atoms with Gasteiger partial charge >= 0.3 is 0 Å². The van der Waals surface area contributed by atoms with E-state index in [2.05, 4.69) is 10.6 Å². The molecule has 42 heavy (non-hydrogen) atoms. The van der Waals surface area contributed by atoms with E-state index in [1.54, 1.807) is 55.5 Å². The number of benzene rings is 3. The maximum absolute atomic E-state index is 14.2. The molecule has 0 aliphatic carbocycles. The predicted molar refractivity (Wildman–Crippen MR) is 162 cm³/mol. The summed E-state index contributed by atoms with van der Waals surface area (Å²) >= 11 is 1.29. The maximum Gasteiger partial charge on any atom is 0.250 e. The van der Waals surface area contributed by atoms with E-state index in [1.165, 1.54) is 34.9 Å². The predicted octanol–water partition coefficient (Wildman–Crippen LogP) is 3.40. The summed E-state index contributed by atoms with van der Waals surface area (Å²) in [5, 5.41) is 21.0. The molecule has 5 N–H and O–H groups in total. The second-order valence-corrected chi connectivity index (χ2v) is 13.6. The number of thioether (sulfide) groups is 1. The molecule has 0 saturated heterocycles. The summed E-state index contributed by atoms with van der Waals surface area (Å²) in [4.78, 5) is 28.9. The lowest BCUT2D eigenvalue weighted by Gasteiger charge is -2.29. The third-order valence-electron chi connectivity index (χ3n) is 6.80. The van der Waals surface area contributed by atoms with Crippen molar-refractivity contribution in [2.24, 2.45) is 5.14 Å². The number of nitrogens with zero attached hydrogens (tertiary/aromatic N) is 1. The highest BCUT2D eigenvalue weighted by Gasteiger charge is 2.33. The molecule has 9 nitrogen and oxygen atoms in total. The van der Waals surface area contributed by atoms with E-state index < -0.39 is 33.5 Å². The van der Waals surface area contributed by atoms with Crippen molar-refractivity contribution in [3.05, 3.63) is 78.1 Å². The lowest BCUT2D eigenvalue weighted by Crippen LogP contribution is -2.52. The number of carbonyl (C=O) groups excluding carboxylic acids is 2. The van der Waals surface area contributed by atoms with Gasteiger partial charge in [-0.15, -0.1) is 11.8 Å². The Hall–Kier alpha value is -3.29. The van der Waals surface area contributed by atoms with Crippen LogP contribution in [0.4, 0.5) is 10.1 Å². The van der Waals surface area contributed by atoms with Gasteiger partial charge in [0, 0.05) is 34.7 Å². The quantitative estimate of drug-likeness (QED) is 0.274. The van der Waals surface area contributed by atoms with Gasteiger partial charge in [0.25, 0.3) is 5.91 Å². The van der Waals surface area contributed by atoms with E-state index in [1.807, 2.05) is 13.8 Å². The Bertz CT molecular complexity index is 1560. The monoisotopic (exact) mass is 614 g/mol. The molecule has 3 aromatic rings. The molecule has 1 aliphatic rings. The number of aliphatic hydroxyl groups is 1. The minimum atomic E-state index is -3.93. The van der Waals surface area contributed by atoms with E-state index >= 15 is 0 Å². The van der Waals surface area contributed by atoms with Crippen molar-refractivity contribution in [3.8, 4) is 11.1 Å². The highest BCUT2D eigenvalue weighted by atomic mass is 32.2. The Balaban J connectivity index is 1.57. The van der Waals surface area contributed by atoms with E-state index in [-0.39, 0.29) is 35.4 Å². The minimum Gasteiger partial charge on any atom is -0.392 e. The van der Waals surface area contributed by atoms with Crippen LogP contribution in [0, 0.1) is 5.82 Å². The summed E-state index contributed by atoms with van der Waals surface area (Å²) in [6, 6.07) is 16.9. The van der Waals surface area contributed by atoms with Gasteiger partial charge < -0.3 is 20.6 Å². The fraction of sp³-hybridized carbons (Fsp3) is 0.333. The molecule has 2 amide bonds. The maximum atomic E-state index is 14.2. The SMILES string of the molecule is C[C@@H](O)CNC(C)(C)CC(=O)N[C@@H]1CSc2cc(F)ccc2N(Cc2ccc(-c3ccccc3S(N)(=O)=O)cc2)C1=O. The van der Waals surface area contributed by atoms with Crippen LogP contribution in [0.25, 0.3) is 11.1 Å². The molecule has 2 atom stereocenters. The Kier molecular flexibility index (Phi) is 9.74. The van der Waals surface area contributed by atoms with Crippen molar-refractivity contribution in [2.75, 3.05) is 17.2 Å². The molecule has 0 saturated carbocycles. The first-order valence-corrected chi connectivity index (χ1v) is 15.9. The third kappa shape index (κ3) is 7.96. The highest BCUT2D eigenvalue weighted by Crippen LogP contribution is 2.36.